The second kappa shape index (κ2) is 13.6. The number of ether oxygens (including phenoxy) is 1. The number of hydrogen-bond acceptors (Lipinski definition) is 2. The summed E-state index contributed by atoms with van der Waals surface area (Å²) in [6.45, 7) is 6.62. The van der Waals surface area contributed by atoms with Crippen molar-refractivity contribution in [3.8, 4) is 0 Å². The molecule has 2 fully saturated rings. The molecular weight excluding hydrogens is 344 g/mol. The third-order valence-corrected chi connectivity index (χ3v) is 7.66. The SMILES string of the molecule is CCCCCC[C@H](C)OC(=O)C1CCC(C2CCC(CCCCC)CC2)CC1. The number of esters is 1. The average molecular weight is 393 g/mol. The van der Waals surface area contributed by atoms with Crippen molar-refractivity contribution in [2.45, 2.75) is 136 Å². The second-order valence-electron chi connectivity index (χ2n) is 9.99. The van der Waals surface area contributed by atoms with Gasteiger partial charge in [-0.25, -0.2) is 0 Å². The van der Waals surface area contributed by atoms with Crippen LogP contribution in [0, 0.1) is 23.7 Å². The average Bonchev–Trinajstić information content (AvgIpc) is 2.72. The van der Waals surface area contributed by atoms with Gasteiger partial charge in [-0.15, -0.1) is 0 Å². The maximum Gasteiger partial charge on any atom is 0.309 e. The van der Waals surface area contributed by atoms with Gasteiger partial charge >= 0.3 is 5.97 Å². The number of unbranched alkanes of at least 4 members (excludes halogenated alkanes) is 5. The van der Waals surface area contributed by atoms with Crippen LogP contribution in [0.1, 0.15) is 130 Å². The Kier molecular flexibility index (Phi) is 11.6. The van der Waals surface area contributed by atoms with Crippen molar-refractivity contribution in [3.63, 3.8) is 0 Å². The Labute approximate surface area is 175 Å². The van der Waals surface area contributed by atoms with E-state index in [0.29, 0.717) is 0 Å². The van der Waals surface area contributed by atoms with Gasteiger partial charge in [0, 0.05) is 0 Å². The van der Waals surface area contributed by atoms with E-state index in [4.69, 9.17) is 4.74 Å². The smallest absolute Gasteiger partial charge is 0.309 e. The topological polar surface area (TPSA) is 26.3 Å². The third-order valence-electron chi connectivity index (χ3n) is 7.66. The molecule has 0 aromatic rings. The van der Waals surface area contributed by atoms with E-state index in [1.807, 2.05) is 0 Å². The van der Waals surface area contributed by atoms with Gasteiger partial charge < -0.3 is 4.74 Å². The number of hydrogen-bond donors (Lipinski definition) is 0. The van der Waals surface area contributed by atoms with Gasteiger partial charge in [0.2, 0.25) is 0 Å². The molecule has 164 valence electrons. The van der Waals surface area contributed by atoms with Crippen LogP contribution in [0.2, 0.25) is 0 Å². The molecule has 2 aliphatic rings. The van der Waals surface area contributed by atoms with Crippen molar-refractivity contribution in [2.24, 2.45) is 23.7 Å². The van der Waals surface area contributed by atoms with Crippen LogP contribution >= 0.6 is 0 Å². The van der Waals surface area contributed by atoms with E-state index < -0.39 is 0 Å². The Hall–Kier alpha value is -0.530. The fraction of sp³-hybridized carbons (Fsp3) is 0.962. The Balaban J connectivity index is 1.60. The van der Waals surface area contributed by atoms with Crippen LogP contribution in [-0.2, 0) is 9.53 Å². The van der Waals surface area contributed by atoms with Gasteiger partial charge in [0.05, 0.1) is 12.0 Å². The summed E-state index contributed by atoms with van der Waals surface area (Å²) < 4.78 is 5.77. The minimum absolute atomic E-state index is 0.0982. The van der Waals surface area contributed by atoms with Gasteiger partial charge in [-0.2, -0.15) is 0 Å². The van der Waals surface area contributed by atoms with Crippen LogP contribution in [0.15, 0.2) is 0 Å². The van der Waals surface area contributed by atoms with Crippen LogP contribution in [0.3, 0.4) is 0 Å². The molecule has 0 aromatic carbocycles. The van der Waals surface area contributed by atoms with Crippen molar-refractivity contribution in [2.75, 3.05) is 0 Å². The Bertz CT molecular complexity index is 403. The molecule has 0 bridgehead atoms. The molecule has 2 aliphatic carbocycles. The first-order valence-electron chi connectivity index (χ1n) is 12.8. The molecule has 0 unspecified atom stereocenters. The molecule has 0 saturated heterocycles. The largest absolute Gasteiger partial charge is 0.462 e. The highest BCUT2D eigenvalue weighted by Crippen LogP contribution is 2.42. The van der Waals surface area contributed by atoms with E-state index in [2.05, 4.69) is 20.8 Å². The van der Waals surface area contributed by atoms with Crippen molar-refractivity contribution in [1.29, 1.82) is 0 Å². The standard InChI is InChI=1S/C26H48O2/c1-4-6-8-10-11-21(3)28-26(27)25-19-17-24(18-20-25)23-15-13-22(14-16-23)12-9-7-5-2/h21-25H,4-20H2,1-3H3/t21-,22?,23?,24?,25?/m0/s1. The summed E-state index contributed by atoms with van der Waals surface area (Å²) in [7, 11) is 0. The summed E-state index contributed by atoms with van der Waals surface area (Å²) in [5.74, 6) is 3.11. The minimum atomic E-state index is 0.0982. The fourth-order valence-electron chi connectivity index (χ4n) is 5.67. The van der Waals surface area contributed by atoms with Gasteiger partial charge in [0.15, 0.2) is 0 Å². The molecule has 2 saturated carbocycles. The number of rotatable bonds is 12. The predicted octanol–water partition coefficient (Wildman–Crippen LogP) is 8.08. The second-order valence-corrected chi connectivity index (χ2v) is 9.99. The predicted molar refractivity (Wildman–Crippen MR) is 119 cm³/mol. The van der Waals surface area contributed by atoms with Gasteiger partial charge in [-0.3, -0.25) is 4.79 Å². The van der Waals surface area contributed by atoms with E-state index in [1.54, 1.807) is 0 Å². The van der Waals surface area contributed by atoms with E-state index >= 15 is 0 Å². The maximum atomic E-state index is 12.5. The summed E-state index contributed by atoms with van der Waals surface area (Å²) in [4.78, 5) is 12.5. The monoisotopic (exact) mass is 392 g/mol. The van der Waals surface area contributed by atoms with Crippen LogP contribution in [-0.4, -0.2) is 12.1 Å². The molecule has 28 heavy (non-hydrogen) atoms. The molecule has 0 spiro atoms. The van der Waals surface area contributed by atoms with Gasteiger partial charge in [-0.1, -0.05) is 71.6 Å². The number of carbonyl (C=O) groups is 1. The highest BCUT2D eigenvalue weighted by Gasteiger charge is 2.33. The molecule has 2 nitrogen and oxygen atoms in total. The molecule has 0 aliphatic heterocycles. The molecule has 1 atom stereocenters. The lowest BCUT2D eigenvalue weighted by Gasteiger charge is -2.37. The lowest BCUT2D eigenvalue weighted by Crippen LogP contribution is -2.30. The minimum Gasteiger partial charge on any atom is -0.462 e. The summed E-state index contributed by atoms with van der Waals surface area (Å²) >= 11 is 0. The first-order valence-corrected chi connectivity index (χ1v) is 12.8. The highest BCUT2D eigenvalue weighted by molar-refractivity contribution is 5.72. The van der Waals surface area contributed by atoms with E-state index in [0.717, 1.165) is 37.0 Å². The van der Waals surface area contributed by atoms with E-state index in [9.17, 15) is 4.79 Å². The van der Waals surface area contributed by atoms with Gasteiger partial charge in [0.1, 0.15) is 0 Å². The molecule has 2 heteroatoms. The quantitative estimate of drug-likeness (QED) is 0.248. The summed E-state index contributed by atoms with van der Waals surface area (Å²) in [6, 6.07) is 0. The maximum absolute atomic E-state index is 12.5. The molecule has 0 heterocycles. The van der Waals surface area contributed by atoms with Crippen molar-refractivity contribution >= 4 is 5.97 Å². The van der Waals surface area contributed by atoms with E-state index in [-0.39, 0.29) is 18.0 Å². The van der Waals surface area contributed by atoms with Gasteiger partial charge in [0.25, 0.3) is 0 Å². The Morgan fingerprint density at radius 3 is 1.96 bits per heavy atom. The number of carbonyl (C=O) groups excluding carboxylic acids is 1. The molecule has 0 N–H and O–H groups in total. The third kappa shape index (κ3) is 8.46. The lowest BCUT2D eigenvalue weighted by molar-refractivity contribution is -0.155. The lowest BCUT2D eigenvalue weighted by atomic mass is 9.68. The zero-order valence-electron chi connectivity index (χ0n) is 19.2. The van der Waals surface area contributed by atoms with Crippen molar-refractivity contribution < 1.29 is 9.53 Å². The Morgan fingerprint density at radius 2 is 1.36 bits per heavy atom. The Morgan fingerprint density at radius 1 is 0.786 bits per heavy atom. The van der Waals surface area contributed by atoms with Crippen molar-refractivity contribution in [1.82, 2.24) is 0 Å². The molecule has 0 radical (unpaired) electrons. The van der Waals surface area contributed by atoms with Crippen LogP contribution < -0.4 is 0 Å². The zero-order valence-corrected chi connectivity index (χ0v) is 19.2. The zero-order chi connectivity index (χ0) is 20.2. The fourth-order valence-corrected chi connectivity index (χ4v) is 5.67. The molecule has 0 aromatic heterocycles. The van der Waals surface area contributed by atoms with Crippen LogP contribution in [0.4, 0.5) is 0 Å². The van der Waals surface area contributed by atoms with E-state index in [1.165, 1.54) is 89.9 Å². The first kappa shape index (κ1) is 23.7. The summed E-state index contributed by atoms with van der Waals surface area (Å²) in [5, 5.41) is 0. The highest BCUT2D eigenvalue weighted by atomic mass is 16.5. The molecular formula is C26H48O2. The normalized spacial score (nSPS) is 29.4. The molecule has 2 rings (SSSR count). The summed E-state index contributed by atoms with van der Waals surface area (Å²) in [6.07, 6.45) is 22.3. The van der Waals surface area contributed by atoms with Gasteiger partial charge in [-0.05, 0) is 76.0 Å². The van der Waals surface area contributed by atoms with Crippen LogP contribution in [0.5, 0.6) is 0 Å². The summed E-state index contributed by atoms with van der Waals surface area (Å²) in [5.41, 5.74) is 0. The van der Waals surface area contributed by atoms with Crippen molar-refractivity contribution in [3.05, 3.63) is 0 Å². The first-order chi connectivity index (χ1) is 13.6. The van der Waals surface area contributed by atoms with Crippen LogP contribution in [0.25, 0.3) is 0 Å². The molecule has 0 amide bonds.